The lowest BCUT2D eigenvalue weighted by molar-refractivity contribution is 0.131. The van der Waals surface area contributed by atoms with E-state index in [0.29, 0.717) is 5.41 Å². The number of hydrogen-bond donors (Lipinski definition) is 3. The number of aromatic amines is 1. The Kier molecular flexibility index (Phi) is 6.60. The van der Waals surface area contributed by atoms with Crippen LogP contribution < -0.4 is 10.6 Å². The average molecular weight is 377 g/mol. The maximum atomic E-state index is 4.24. The molecule has 5 nitrogen and oxygen atoms in total. The van der Waals surface area contributed by atoms with Crippen LogP contribution >= 0.6 is 24.0 Å². The zero-order valence-corrected chi connectivity index (χ0v) is 14.0. The Morgan fingerprint density at radius 1 is 1.47 bits per heavy atom. The zero-order valence-electron chi connectivity index (χ0n) is 11.7. The van der Waals surface area contributed by atoms with Crippen molar-refractivity contribution in [3.8, 4) is 0 Å². The van der Waals surface area contributed by atoms with E-state index in [2.05, 4.69) is 32.7 Å². The molecule has 0 radical (unpaired) electrons. The second-order valence-corrected chi connectivity index (χ2v) is 5.07. The molecule has 1 aromatic heterocycles. The highest BCUT2D eigenvalue weighted by molar-refractivity contribution is 14.0. The second kappa shape index (κ2) is 7.72. The third-order valence-corrected chi connectivity index (χ3v) is 4.02. The number of nitrogens with one attached hydrogen (secondary N) is 3. The first-order chi connectivity index (χ1) is 8.78. The number of H-pyrrole nitrogens is 1. The molecule has 1 fully saturated rings. The van der Waals surface area contributed by atoms with Crippen LogP contribution in [0.1, 0.15) is 38.3 Å². The summed E-state index contributed by atoms with van der Waals surface area (Å²) < 4.78 is 0. The van der Waals surface area contributed by atoms with Crippen LogP contribution in [-0.4, -0.2) is 29.7 Å². The van der Waals surface area contributed by atoms with Gasteiger partial charge in [0.05, 0.1) is 12.2 Å². The van der Waals surface area contributed by atoms with E-state index in [1.165, 1.54) is 25.7 Å². The number of rotatable bonds is 5. The van der Waals surface area contributed by atoms with Gasteiger partial charge in [0.1, 0.15) is 0 Å². The number of guanidine groups is 1. The van der Waals surface area contributed by atoms with Crippen molar-refractivity contribution in [1.82, 2.24) is 20.8 Å². The number of hydrogen-bond acceptors (Lipinski definition) is 2. The molecule has 0 amide bonds. The fourth-order valence-corrected chi connectivity index (χ4v) is 2.39. The van der Waals surface area contributed by atoms with E-state index in [0.717, 1.165) is 24.7 Å². The summed E-state index contributed by atoms with van der Waals surface area (Å²) in [6.45, 7) is 4.02. The molecule has 3 N–H and O–H groups in total. The van der Waals surface area contributed by atoms with Gasteiger partial charge in [0.25, 0.3) is 0 Å². The Hall–Kier alpha value is -0.790. The van der Waals surface area contributed by atoms with Gasteiger partial charge in [-0.15, -0.1) is 24.0 Å². The highest BCUT2D eigenvalue weighted by Crippen LogP contribution is 2.42. The summed E-state index contributed by atoms with van der Waals surface area (Å²) in [7, 11) is 1.81. The summed E-state index contributed by atoms with van der Waals surface area (Å²) in [4.78, 5) is 4.24. The van der Waals surface area contributed by atoms with Crippen LogP contribution in [0.3, 0.4) is 0 Å². The minimum atomic E-state index is 0. The summed E-state index contributed by atoms with van der Waals surface area (Å²) >= 11 is 0. The molecule has 0 spiro atoms. The molecule has 6 heteroatoms. The lowest BCUT2D eigenvalue weighted by Gasteiger charge is -2.41. The SMILES string of the molecule is CCC1(CNC(=NC)NCc2ccn[nH]2)CCC1.I. The smallest absolute Gasteiger partial charge is 0.191 e. The minimum absolute atomic E-state index is 0. The molecular weight excluding hydrogens is 353 g/mol. The van der Waals surface area contributed by atoms with Crippen LogP contribution in [0.2, 0.25) is 0 Å². The molecule has 1 heterocycles. The van der Waals surface area contributed by atoms with Gasteiger partial charge < -0.3 is 10.6 Å². The van der Waals surface area contributed by atoms with Crippen molar-refractivity contribution >= 4 is 29.9 Å². The van der Waals surface area contributed by atoms with Crippen LogP contribution in [-0.2, 0) is 6.54 Å². The number of aliphatic imine (C=N–C) groups is 1. The van der Waals surface area contributed by atoms with E-state index in [1.54, 1.807) is 6.20 Å². The summed E-state index contributed by atoms with van der Waals surface area (Å²) in [6, 6.07) is 1.96. The fraction of sp³-hybridized carbons (Fsp3) is 0.692. The monoisotopic (exact) mass is 377 g/mol. The lowest BCUT2D eigenvalue weighted by atomic mass is 9.67. The third-order valence-electron chi connectivity index (χ3n) is 4.02. The molecule has 2 rings (SSSR count). The summed E-state index contributed by atoms with van der Waals surface area (Å²) in [6.07, 6.45) is 7.06. The zero-order chi connectivity index (χ0) is 12.8. The van der Waals surface area contributed by atoms with E-state index in [1.807, 2.05) is 13.1 Å². The molecule has 0 aliphatic heterocycles. The molecule has 0 bridgehead atoms. The number of halogens is 1. The van der Waals surface area contributed by atoms with Gasteiger partial charge in [0.15, 0.2) is 5.96 Å². The highest BCUT2D eigenvalue weighted by atomic mass is 127. The predicted octanol–water partition coefficient (Wildman–Crippen LogP) is 2.27. The first-order valence-electron chi connectivity index (χ1n) is 6.71. The second-order valence-electron chi connectivity index (χ2n) is 5.07. The Morgan fingerprint density at radius 3 is 2.74 bits per heavy atom. The maximum Gasteiger partial charge on any atom is 0.191 e. The molecule has 0 aromatic carbocycles. The molecule has 1 aromatic rings. The first kappa shape index (κ1) is 16.3. The van der Waals surface area contributed by atoms with Crippen LogP contribution in [0.5, 0.6) is 0 Å². The summed E-state index contributed by atoms with van der Waals surface area (Å²) in [5, 5.41) is 13.6. The van der Waals surface area contributed by atoms with Gasteiger partial charge in [-0.3, -0.25) is 10.1 Å². The van der Waals surface area contributed by atoms with Crippen molar-refractivity contribution in [3.05, 3.63) is 18.0 Å². The predicted molar refractivity (Wildman–Crippen MR) is 88.8 cm³/mol. The van der Waals surface area contributed by atoms with Crippen molar-refractivity contribution in [2.75, 3.05) is 13.6 Å². The van der Waals surface area contributed by atoms with Gasteiger partial charge >= 0.3 is 0 Å². The first-order valence-corrected chi connectivity index (χ1v) is 6.71. The fourth-order valence-electron chi connectivity index (χ4n) is 2.39. The van der Waals surface area contributed by atoms with Gasteiger partial charge in [0.2, 0.25) is 0 Å². The van der Waals surface area contributed by atoms with E-state index in [-0.39, 0.29) is 24.0 Å². The maximum absolute atomic E-state index is 4.24. The van der Waals surface area contributed by atoms with E-state index in [4.69, 9.17) is 0 Å². The van der Waals surface area contributed by atoms with Crippen LogP contribution in [0.25, 0.3) is 0 Å². The van der Waals surface area contributed by atoms with E-state index >= 15 is 0 Å². The molecule has 19 heavy (non-hydrogen) atoms. The Morgan fingerprint density at radius 2 is 2.26 bits per heavy atom. The normalized spacial score (nSPS) is 17.3. The van der Waals surface area contributed by atoms with Gasteiger partial charge in [-0.05, 0) is 30.7 Å². The molecule has 108 valence electrons. The number of aromatic nitrogens is 2. The Bertz CT molecular complexity index is 378. The summed E-state index contributed by atoms with van der Waals surface area (Å²) in [5.41, 5.74) is 1.57. The van der Waals surface area contributed by atoms with E-state index < -0.39 is 0 Å². The Balaban J connectivity index is 0.00000180. The highest BCUT2D eigenvalue weighted by Gasteiger charge is 2.34. The van der Waals surface area contributed by atoms with Gasteiger partial charge in [-0.25, -0.2) is 0 Å². The largest absolute Gasteiger partial charge is 0.356 e. The third kappa shape index (κ3) is 4.36. The topological polar surface area (TPSA) is 65.1 Å². The van der Waals surface area contributed by atoms with Crippen molar-refractivity contribution in [2.45, 2.75) is 39.2 Å². The standard InChI is InChI=1S/C13H23N5.HI/c1-3-13(6-4-7-13)10-16-12(14-2)15-9-11-5-8-17-18-11;/h5,8H,3-4,6-7,9-10H2,1-2H3,(H,17,18)(H2,14,15,16);1H. The molecule has 0 unspecified atom stereocenters. The van der Waals surface area contributed by atoms with Crippen LogP contribution in [0.15, 0.2) is 17.3 Å². The summed E-state index contributed by atoms with van der Waals surface area (Å²) in [5.74, 6) is 0.865. The molecule has 0 atom stereocenters. The van der Waals surface area contributed by atoms with E-state index in [9.17, 15) is 0 Å². The van der Waals surface area contributed by atoms with Gasteiger partial charge in [-0.2, -0.15) is 5.10 Å². The van der Waals surface area contributed by atoms with Crippen molar-refractivity contribution in [2.24, 2.45) is 10.4 Å². The minimum Gasteiger partial charge on any atom is -0.356 e. The van der Waals surface area contributed by atoms with Gasteiger partial charge in [-0.1, -0.05) is 13.3 Å². The molecule has 1 saturated carbocycles. The lowest BCUT2D eigenvalue weighted by Crippen LogP contribution is -2.46. The number of nitrogens with zero attached hydrogens (tertiary/aromatic N) is 2. The quantitative estimate of drug-likeness (QED) is 0.419. The van der Waals surface area contributed by atoms with Crippen molar-refractivity contribution in [3.63, 3.8) is 0 Å². The van der Waals surface area contributed by atoms with Crippen molar-refractivity contribution < 1.29 is 0 Å². The molecule has 0 saturated heterocycles. The Labute approximate surface area is 132 Å². The molecule has 1 aliphatic carbocycles. The van der Waals surface area contributed by atoms with Crippen LogP contribution in [0, 0.1) is 5.41 Å². The molecular formula is C13H24IN5. The van der Waals surface area contributed by atoms with Gasteiger partial charge in [0, 0.05) is 19.8 Å². The average Bonchev–Trinajstić information content (AvgIpc) is 2.85. The van der Waals surface area contributed by atoms with Crippen molar-refractivity contribution in [1.29, 1.82) is 0 Å². The van der Waals surface area contributed by atoms with Crippen LogP contribution in [0.4, 0.5) is 0 Å². The molecule has 1 aliphatic rings.